The minimum absolute atomic E-state index is 0.261. The number of hydrogen-bond donors (Lipinski definition) is 1. The first kappa shape index (κ1) is 11.4. The Morgan fingerprint density at radius 2 is 2.00 bits per heavy atom. The van der Waals surface area contributed by atoms with E-state index in [1.807, 2.05) is 25.1 Å². The van der Waals surface area contributed by atoms with E-state index < -0.39 is 0 Å². The highest BCUT2D eigenvalue weighted by atomic mass is 79.9. The Hall–Kier alpha value is -1.68. The fourth-order valence-corrected chi connectivity index (χ4v) is 2.24. The van der Waals surface area contributed by atoms with Crippen molar-refractivity contribution in [2.75, 3.05) is 0 Å². The van der Waals surface area contributed by atoms with Gasteiger partial charge in [-0.25, -0.2) is 9.37 Å². The van der Waals surface area contributed by atoms with E-state index in [0.29, 0.717) is 5.52 Å². The Morgan fingerprint density at radius 1 is 1.17 bits per heavy atom. The zero-order chi connectivity index (χ0) is 12.7. The molecule has 4 heteroatoms. The number of halogens is 2. The number of aromatic nitrogens is 2. The van der Waals surface area contributed by atoms with Gasteiger partial charge in [0.2, 0.25) is 0 Å². The van der Waals surface area contributed by atoms with Crippen LogP contribution in [0.25, 0.3) is 22.4 Å². The summed E-state index contributed by atoms with van der Waals surface area (Å²) in [6.07, 6.45) is 0. The standard InChI is InChI=1S/C14H10BrFN2/c1-8-2-3-9(6-11(8)15)14-17-12-5-4-10(16)7-13(12)18-14/h2-7H,1H3,(H,17,18). The minimum Gasteiger partial charge on any atom is -0.338 e. The van der Waals surface area contributed by atoms with Crippen LogP contribution in [-0.2, 0) is 0 Å². The monoisotopic (exact) mass is 304 g/mol. The van der Waals surface area contributed by atoms with E-state index in [1.165, 1.54) is 17.7 Å². The van der Waals surface area contributed by atoms with Gasteiger partial charge in [0.15, 0.2) is 0 Å². The third-order valence-electron chi connectivity index (χ3n) is 2.89. The highest BCUT2D eigenvalue weighted by Gasteiger charge is 2.07. The molecular formula is C14H10BrFN2. The van der Waals surface area contributed by atoms with Gasteiger partial charge in [-0.05, 0) is 36.8 Å². The fourth-order valence-electron chi connectivity index (χ4n) is 1.86. The van der Waals surface area contributed by atoms with Gasteiger partial charge in [-0.2, -0.15) is 0 Å². The van der Waals surface area contributed by atoms with E-state index >= 15 is 0 Å². The van der Waals surface area contributed by atoms with Crippen LogP contribution in [0.4, 0.5) is 4.39 Å². The number of hydrogen-bond acceptors (Lipinski definition) is 1. The molecule has 0 aliphatic carbocycles. The average molecular weight is 305 g/mol. The summed E-state index contributed by atoms with van der Waals surface area (Å²) in [5, 5.41) is 0. The van der Waals surface area contributed by atoms with E-state index in [-0.39, 0.29) is 5.82 Å². The molecule has 1 N–H and O–H groups in total. The summed E-state index contributed by atoms with van der Waals surface area (Å²) in [4.78, 5) is 7.58. The molecule has 3 rings (SSSR count). The predicted molar refractivity (Wildman–Crippen MR) is 73.9 cm³/mol. The largest absolute Gasteiger partial charge is 0.338 e. The smallest absolute Gasteiger partial charge is 0.138 e. The van der Waals surface area contributed by atoms with Crippen molar-refractivity contribution in [3.05, 3.63) is 52.3 Å². The molecule has 0 spiro atoms. The quantitative estimate of drug-likeness (QED) is 0.707. The molecule has 0 aliphatic heterocycles. The van der Waals surface area contributed by atoms with Crippen molar-refractivity contribution in [2.24, 2.45) is 0 Å². The number of nitrogens with zero attached hydrogens (tertiary/aromatic N) is 1. The molecule has 1 aromatic heterocycles. The lowest BCUT2D eigenvalue weighted by Gasteiger charge is -2.00. The Kier molecular flexibility index (Phi) is 2.67. The third kappa shape index (κ3) is 1.93. The predicted octanol–water partition coefficient (Wildman–Crippen LogP) is 4.44. The number of aromatic amines is 1. The number of benzene rings is 2. The summed E-state index contributed by atoms with van der Waals surface area (Å²) < 4.78 is 14.1. The van der Waals surface area contributed by atoms with Crippen molar-refractivity contribution < 1.29 is 4.39 Å². The summed E-state index contributed by atoms with van der Waals surface area (Å²) in [6.45, 7) is 2.03. The lowest BCUT2D eigenvalue weighted by atomic mass is 10.1. The van der Waals surface area contributed by atoms with Crippen LogP contribution < -0.4 is 0 Å². The second-order valence-electron chi connectivity index (χ2n) is 4.21. The van der Waals surface area contributed by atoms with Crippen molar-refractivity contribution >= 4 is 27.0 Å². The van der Waals surface area contributed by atoms with Gasteiger partial charge in [-0.1, -0.05) is 28.1 Å². The maximum Gasteiger partial charge on any atom is 0.138 e. The SMILES string of the molecule is Cc1ccc(-c2nc3ccc(F)cc3[nH]2)cc1Br. The first-order valence-corrected chi connectivity index (χ1v) is 6.34. The molecule has 0 saturated heterocycles. The van der Waals surface area contributed by atoms with E-state index in [1.54, 1.807) is 6.07 Å². The zero-order valence-corrected chi connectivity index (χ0v) is 11.3. The van der Waals surface area contributed by atoms with Crippen LogP contribution in [0.1, 0.15) is 5.56 Å². The molecule has 18 heavy (non-hydrogen) atoms. The summed E-state index contributed by atoms with van der Waals surface area (Å²) >= 11 is 3.50. The number of aryl methyl sites for hydroxylation is 1. The molecule has 0 saturated carbocycles. The molecule has 3 aromatic rings. The van der Waals surface area contributed by atoms with E-state index in [4.69, 9.17) is 0 Å². The van der Waals surface area contributed by atoms with Crippen LogP contribution in [0.15, 0.2) is 40.9 Å². The Balaban J connectivity index is 2.16. The number of fused-ring (bicyclic) bond motifs is 1. The van der Waals surface area contributed by atoms with Crippen molar-refractivity contribution in [1.29, 1.82) is 0 Å². The van der Waals surface area contributed by atoms with Gasteiger partial charge < -0.3 is 4.98 Å². The molecule has 1 heterocycles. The van der Waals surface area contributed by atoms with Gasteiger partial charge >= 0.3 is 0 Å². The first-order chi connectivity index (χ1) is 8.63. The third-order valence-corrected chi connectivity index (χ3v) is 3.74. The van der Waals surface area contributed by atoms with E-state index in [0.717, 1.165) is 21.4 Å². The molecule has 90 valence electrons. The minimum atomic E-state index is -0.261. The van der Waals surface area contributed by atoms with Gasteiger partial charge in [0.1, 0.15) is 11.6 Å². The second kappa shape index (κ2) is 4.21. The van der Waals surface area contributed by atoms with Crippen LogP contribution in [0.2, 0.25) is 0 Å². The molecular weight excluding hydrogens is 295 g/mol. The van der Waals surface area contributed by atoms with Gasteiger partial charge in [0.05, 0.1) is 11.0 Å². The number of H-pyrrole nitrogens is 1. The summed E-state index contributed by atoms with van der Waals surface area (Å²) in [7, 11) is 0. The lowest BCUT2D eigenvalue weighted by molar-refractivity contribution is 0.629. The molecule has 0 atom stereocenters. The summed E-state index contributed by atoms with van der Waals surface area (Å²) in [6, 6.07) is 10.6. The molecule has 0 bridgehead atoms. The van der Waals surface area contributed by atoms with Gasteiger partial charge in [0.25, 0.3) is 0 Å². The summed E-state index contributed by atoms with van der Waals surface area (Å²) in [5.41, 5.74) is 3.62. The molecule has 0 amide bonds. The highest BCUT2D eigenvalue weighted by molar-refractivity contribution is 9.10. The number of imidazole rings is 1. The van der Waals surface area contributed by atoms with E-state index in [9.17, 15) is 4.39 Å². The van der Waals surface area contributed by atoms with Gasteiger partial charge in [0, 0.05) is 10.0 Å². The molecule has 0 radical (unpaired) electrons. The fraction of sp³-hybridized carbons (Fsp3) is 0.0714. The second-order valence-corrected chi connectivity index (χ2v) is 5.07. The first-order valence-electron chi connectivity index (χ1n) is 5.55. The molecule has 0 fully saturated rings. The molecule has 2 aromatic carbocycles. The molecule has 2 nitrogen and oxygen atoms in total. The zero-order valence-electron chi connectivity index (χ0n) is 9.67. The summed E-state index contributed by atoms with van der Waals surface area (Å²) in [5.74, 6) is 0.485. The van der Waals surface area contributed by atoms with Crippen molar-refractivity contribution in [2.45, 2.75) is 6.92 Å². The molecule has 0 aliphatic rings. The van der Waals surface area contributed by atoms with Crippen LogP contribution in [0.3, 0.4) is 0 Å². The number of nitrogens with one attached hydrogen (secondary N) is 1. The lowest BCUT2D eigenvalue weighted by Crippen LogP contribution is -1.82. The van der Waals surface area contributed by atoms with Gasteiger partial charge in [-0.15, -0.1) is 0 Å². The maximum atomic E-state index is 13.1. The van der Waals surface area contributed by atoms with Crippen molar-refractivity contribution in [3.63, 3.8) is 0 Å². The van der Waals surface area contributed by atoms with Crippen molar-refractivity contribution in [3.8, 4) is 11.4 Å². The number of rotatable bonds is 1. The van der Waals surface area contributed by atoms with Crippen LogP contribution in [-0.4, -0.2) is 9.97 Å². The molecule has 0 unspecified atom stereocenters. The Bertz CT molecular complexity index is 734. The van der Waals surface area contributed by atoms with Crippen LogP contribution in [0.5, 0.6) is 0 Å². The highest BCUT2D eigenvalue weighted by Crippen LogP contribution is 2.25. The maximum absolute atomic E-state index is 13.1. The van der Waals surface area contributed by atoms with E-state index in [2.05, 4.69) is 25.9 Å². The average Bonchev–Trinajstić information content (AvgIpc) is 2.75. The van der Waals surface area contributed by atoms with Crippen LogP contribution in [0, 0.1) is 12.7 Å². The Morgan fingerprint density at radius 3 is 2.78 bits per heavy atom. The topological polar surface area (TPSA) is 28.7 Å². The normalized spacial score (nSPS) is 11.1. The van der Waals surface area contributed by atoms with Gasteiger partial charge in [-0.3, -0.25) is 0 Å². The Labute approximate surface area is 112 Å². The van der Waals surface area contributed by atoms with Crippen LogP contribution >= 0.6 is 15.9 Å². The van der Waals surface area contributed by atoms with Crippen molar-refractivity contribution in [1.82, 2.24) is 9.97 Å².